The number of rotatable bonds is 6. The Hall–Kier alpha value is -4.17. The lowest BCUT2D eigenvalue weighted by atomic mass is 10.1. The molecule has 0 atom stereocenters. The van der Waals surface area contributed by atoms with Crippen LogP contribution in [0.3, 0.4) is 0 Å². The number of aliphatic hydroxyl groups excluding tert-OH is 1. The average Bonchev–Trinajstić information content (AvgIpc) is 2.85. The zero-order valence-electron chi connectivity index (χ0n) is 18.5. The fraction of sp³-hybridized carbons (Fsp3) is 0.160. The number of carbonyl (C=O) groups excluding carboxylic acids is 1. The van der Waals surface area contributed by atoms with Gasteiger partial charge in [-0.05, 0) is 37.3 Å². The van der Waals surface area contributed by atoms with Crippen molar-refractivity contribution in [2.45, 2.75) is 13.5 Å². The van der Waals surface area contributed by atoms with Gasteiger partial charge in [0.2, 0.25) is 5.55 Å². The molecule has 0 spiro atoms. The Bertz CT molecular complexity index is 1380. The molecule has 8 nitrogen and oxygen atoms in total. The van der Waals surface area contributed by atoms with E-state index >= 15 is 0 Å². The molecule has 2 N–H and O–H groups in total. The Morgan fingerprint density at radius 3 is 2.61 bits per heavy atom. The molecule has 0 saturated carbocycles. The molecule has 0 bridgehead atoms. The second-order valence-electron chi connectivity index (χ2n) is 7.20. The number of amides is 1. The molecule has 2 heterocycles. The molecule has 33 heavy (non-hydrogen) atoms. The van der Waals surface area contributed by atoms with Gasteiger partial charge in [-0.15, -0.1) is 0 Å². The molecule has 4 aromatic rings. The van der Waals surface area contributed by atoms with Gasteiger partial charge in [-0.3, -0.25) is 9.78 Å². The van der Waals surface area contributed by atoms with Gasteiger partial charge in [0.25, 0.3) is 5.91 Å². The standard InChI is InChI=1S/C25H23N3O5/c1-15-23-19(16(14-29)13-26-15)12-20(25(33-23)27-17-7-5-4-6-8-17)24(30)28-21-10-9-18(31-2)11-22(21)32-3/h4-13,29H,14H2,1-3H3,(H,28,30). The van der Waals surface area contributed by atoms with E-state index in [1.165, 1.54) is 7.11 Å². The van der Waals surface area contributed by atoms with Crippen molar-refractivity contribution in [3.63, 3.8) is 0 Å². The van der Waals surface area contributed by atoms with Crippen LogP contribution in [0.25, 0.3) is 11.0 Å². The molecule has 2 aromatic heterocycles. The highest BCUT2D eigenvalue weighted by atomic mass is 16.5. The minimum absolute atomic E-state index is 0.124. The summed E-state index contributed by atoms with van der Waals surface area (Å²) in [5.41, 5.74) is 3.03. The summed E-state index contributed by atoms with van der Waals surface area (Å²) in [6.45, 7) is 1.54. The number of pyridine rings is 1. The molecule has 2 aromatic carbocycles. The van der Waals surface area contributed by atoms with Crippen molar-refractivity contribution in [3.8, 4) is 11.5 Å². The van der Waals surface area contributed by atoms with Gasteiger partial charge in [-0.25, -0.2) is 4.99 Å². The fourth-order valence-electron chi connectivity index (χ4n) is 3.37. The Morgan fingerprint density at radius 1 is 1.12 bits per heavy atom. The van der Waals surface area contributed by atoms with E-state index in [4.69, 9.17) is 13.9 Å². The smallest absolute Gasteiger partial charge is 0.261 e. The summed E-state index contributed by atoms with van der Waals surface area (Å²) < 4.78 is 16.7. The lowest BCUT2D eigenvalue weighted by Gasteiger charge is -2.13. The molecule has 0 fully saturated rings. The molecule has 0 saturated heterocycles. The summed E-state index contributed by atoms with van der Waals surface area (Å²) >= 11 is 0. The zero-order chi connectivity index (χ0) is 23.4. The van der Waals surface area contributed by atoms with E-state index < -0.39 is 5.91 Å². The molecule has 168 valence electrons. The molecule has 0 unspecified atom stereocenters. The number of carbonyl (C=O) groups is 1. The van der Waals surface area contributed by atoms with Crippen LogP contribution in [0.5, 0.6) is 11.5 Å². The van der Waals surface area contributed by atoms with Crippen molar-refractivity contribution in [2.75, 3.05) is 19.5 Å². The maximum absolute atomic E-state index is 13.4. The first kappa shape index (κ1) is 22.0. The minimum Gasteiger partial charge on any atom is -0.497 e. The number of benzene rings is 2. The molecule has 0 aliphatic rings. The van der Waals surface area contributed by atoms with Crippen LogP contribution < -0.4 is 20.3 Å². The highest BCUT2D eigenvalue weighted by Crippen LogP contribution is 2.29. The van der Waals surface area contributed by atoms with Crippen LogP contribution in [0.15, 0.2) is 70.2 Å². The SMILES string of the molecule is COc1ccc(NC(=O)c2cc3c(CO)cnc(C)c3oc2=Nc2ccccc2)c(OC)c1. The van der Waals surface area contributed by atoms with Gasteiger partial charge < -0.3 is 24.3 Å². The Morgan fingerprint density at radius 2 is 1.91 bits per heavy atom. The van der Waals surface area contributed by atoms with E-state index in [2.05, 4.69) is 15.3 Å². The third-order valence-corrected chi connectivity index (χ3v) is 5.11. The summed E-state index contributed by atoms with van der Waals surface area (Å²) in [6, 6.07) is 15.9. The van der Waals surface area contributed by atoms with Crippen molar-refractivity contribution in [2.24, 2.45) is 4.99 Å². The molecular weight excluding hydrogens is 422 g/mol. The van der Waals surface area contributed by atoms with Crippen LogP contribution in [-0.2, 0) is 6.61 Å². The van der Waals surface area contributed by atoms with Crippen LogP contribution in [-0.4, -0.2) is 30.2 Å². The van der Waals surface area contributed by atoms with E-state index in [1.54, 1.807) is 44.5 Å². The van der Waals surface area contributed by atoms with Gasteiger partial charge in [0.1, 0.15) is 17.1 Å². The van der Waals surface area contributed by atoms with Crippen molar-refractivity contribution >= 4 is 28.3 Å². The van der Waals surface area contributed by atoms with Crippen LogP contribution >= 0.6 is 0 Å². The van der Waals surface area contributed by atoms with Crippen LogP contribution in [0, 0.1) is 6.92 Å². The number of fused-ring (bicyclic) bond motifs is 1. The quantitative estimate of drug-likeness (QED) is 0.462. The molecule has 0 radical (unpaired) electrons. The number of aryl methyl sites for hydroxylation is 1. The van der Waals surface area contributed by atoms with E-state index in [9.17, 15) is 9.90 Å². The van der Waals surface area contributed by atoms with Crippen molar-refractivity contribution in [1.29, 1.82) is 0 Å². The van der Waals surface area contributed by atoms with E-state index in [0.29, 0.717) is 45.1 Å². The first-order valence-electron chi connectivity index (χ1n) is 10.2. The van der Waals surface area contributed by atoms with Crippen molar-refractivity contribution < 1.29 is 23.8 Å². The Labute approximate surface area is 190 Å². The van der Waals surface area contributed by atoms with Crippen LogP contribution in [0.4, 0.5) is 11.4 Å². The fourth-order valence-corrected chi connectivity index (χ4v) is 3.37. The second kappa shape index (κ2) is 9.54. The topological polar surface area (TPSA) is 106 Å². The van der Waals surface area contributed by atoms with Crippen LogP contribution in [0.1, 0.15) is 21.6 Å². The van der Waals surface area contributed by atoms with Crippen LogP contribution in [0.2, 0.25) is 0 Å². The third-order valence-electron chi connectivity index (χ3n) is 5.11. The molecular formula is C25H23N3O5. The molecule has 0 aliphatic carbocycles. The predicted molar refractivity (Wildman–Crippen MR) is 124 cm³/mol. The second-order valence-corrected chi connectivity index (χ2v) is 7.20. The third kappa shape index (κ3) is 4.56. The highest BCUT2D eigenvalue weighted by Gasteiger charge is 2.18. The zero-order valence-corrected chi connectivity index (χ0v) is 18.5. The van der Waals surface area contributed by atoms with Gasteiger partial charge in [0.05, 0.1) is 37.9 Å². The minimum atomic E-state index is -0.447. The summed E-state index contributed by atoms with van der Waals surface area (Å²) in [7, 11) is 3.06. The number of aliphatic hydroxyl groups is 1. The summed E-state index contributed by atoms with van der Waals surface area (Å²) in [5, 5.41) is 13.2. The van der Waals surface area contributed by atoms with E-state index in [1.807, 2.05) is 30.3 Å². The predicted octanol–water partition coefficient (Wildman–Crippen LogP) is 4.13. The van der Waals surface area contributed by atoms with Gasteiger partial charge in [0.15, 0.2) is 5.58 Å². The number of hydrogen-bond acceptors (Lipinski definition) is 7. The number of anilines is 1. The number of ether oxygens (including phenoxy) is 2. The number of nitrogens with one attached hydrogen (secondary N) is 1. The summed E-state index contributed by atoms with van der Waals surface area (Å²) in [4.78, 5) is 22.2. The maximum atomic E-state index is 13.4. The summed E-state index contributed by atoms with van der Waals surface area (Å²) in [5.74, 6) is 0.594. The summed E-state index contributed by atoms with van der Waals surface area (Å²) in [6.07, 6.45) is 1.56. The molecule has 0 aliphatic heterocycles. The first-order valence-corrected chi connectivity index (χ1v) is 10.2. The first-order chi connectivity index (χ1) is 16.0. The van der Waals surface area contributed by atoms with E-state index in [-0.39, 0.29) is 17.7 Å². The lowest BCUT2D eigenvalue weighted by Crippen LogP contribution is -2.22. The normalized spacial score (nSPS) is 11.5. The highest BCUT2D eigenvalue weighted by molar-refractivity contribution is 6.06. The van der Waals surface area contributed by atoms with Gasteiger partial charge in [-0.1, -0.05) is 18.2 Å². The van der Waals surface area contributed by atoms with Crippen molar-refractivity contribution in [3.05, 3.63) is 83.2 Å². The molecule has 1 amide bonds. The number of nitrogens with zero attached hydrogens (tertiary/aromatic N) is 2. The number of hydrogen-bond donors (Lipinski definition) is 2. The average molecular weight is 445 g/mol. The van der Waals surface area contributed by atoms with Gasteiger partial charge >= 0.3 is 0 Å². The maximum Gasteiger partial charge on any atom is 0.261 e. The largest absolute Gasteiger partial charge is 0.497 e. The number of para-hydroxylation sites is 1. The van der Waals surface area contributed by atoms with E-state index in [0.717, 1.165) is 0 Å². The Kier molecular flexibility index (Phi) is 6.37. The van der Waals surface area contributed by atoms with Crippen molar-refractivity contribution in [1.82, 2.24) is 4.98 Å². The van der Waals surface area contributed by atoms with Gasteiger partial charge in [0, 0.05) is 23.2 Å². The monoisotopic (exact) mass is 445 g/mol. The number of aromatic nitrogens is 1. The Balaban J connectivity index is 1.89. The molecule has 8 heteroatoms. The lowest BCUT2D eigenvalue weighted by molar-refractivity contribution is 0.102. The molecule has 4 rings (SSSR count). The van der Waals surface area contributed by atoms with Gasteiger partial charge in [-0.2, -0.15) is 0 Å². The number of methoxy groups -OCH3 is 2.